The van der Waals surface area contributed by atoms with Crippen molar-refractivity contribution in [3.63, 3.8) is 0 Å². The molecule has 104 valence electrons. The van der Waals surface area contributed by atoms with Crippen LogP contribution >= 0.6 is 0 Å². The third-order valence-corrected chi connectivity index (χ3v) is 4.46. The molecular formula is C14H16N4O2. The van der Waals surface area contributed by atoms with Crippen LogP contribution in [-0.2, 0) is 16.6 Å². The van der Waals surface area contributed by atoms with E-state index < -0.39 is 0 Å². The molecule has 0 N–H and O–H groups in total. The van der Waals surface area contributed by atoms with Crippen LogP contribution in [0.4, 0.5) is 5.82 Å². The Morgan fingerprint density at radius 2 is 1.85 bits per heavy atom. The Hall–Kier alpha value is -2.16. The van der Waals surface area contributed by atoms with E-state index in [1.165, 1.54) is 10.9 Å². The molecule has 0 aromatic carbocycles. The number of hydrogen-bond donors (Lipinski definition) is 0. The Bertz CT molecular complexity index is 600. The first-order chi connectivity index (χ1) is 9.56. The summed E-state index contributed by atoms with van der Waals surface area (Å²) in [6.45, 7) is 0. The number of rotatable bonds is 1. The first-order valence-corrected chi connectivity index (χ1v) is 6.84. The number of amides is 2. The lowest BCUT2D eigenvalue weighted by Crippen LogP contribution is -2.48. The number of imide groups is 1. The van der Waals surface area contributed by atoms with Gasteiger partial charge in [0.2, 0.25) is 11.8 Å². The van der Waals surface area contributed by atoms with Crippen LogP contribution in [0.25, 0.3) is 0 Å². The molecule has 2 aliphatic rings. The molecule has 3 rings (SSSR count). The van der Waals surface area contributed by atoms with Gasteiger partial charge in [-0.2, -0.15) is 10.4 Å². The smallest absolute Gasteiger partial charge is 0.235 e. The summed E-state index contributed by atoms with van der Waals surface area (Å²) in [5.41, 5.74) is 0.132. The average Bonchev–Trinajstić information content (AvgIpc) is 2.97. The quantitative estimate of drug-likeness (QED) is 0.726. The topological polar surface area (TPSA) is 79.0 Å². The zero-order valence-electron chi connectivity index (χ0n) is 11.4. The largest absolute Gasteiger partial charge is 0.274 e. The van der Waals surface area contributed by atoms with Crippen molar-refractivity contribution in [1.29, 1.82) is 5.26 Å². The third-order valence-electron chi connectivity index (χ3n) is 4.46. The number of hydrogen-bond acceptors (Lipinski definition) is 4. The van der Waals surface area contributed by atoms with Crippen LogP contribution < -0.4 is 4.90 Å². The minimum atomic E-state index is -0.205. The number of aromatic nitrogens is 2. The molecule has 1 spiro atoms. The first kappa shape index (κ1) is 12.9. The molecule has 0 radical (unpaired) electrons. The van der Waals surface area contributed by atoms with Gasteiger partial charge in [0.15, 0.2) is 5.82 Å². The molecule has 2 fully saturated rings. The lowest BCUT2D eigenvalue weighted by Gasteiger charge is -2.37. The molecule has 1 saturated heterocycles. The predicted octanol–water partition coefficient (Wildman–Crippen LogP) is 1.51. The minimum Gasteiger partial charge on any atom is -0.274 e. The predicted molar refractivity (Wildman–Crippen MR) is 70.6 cm³/mol. The van der Waals surface area contributed by atoms with Crippen molar-refractivity contribution in [2.75, 3.05) is 4.90 Å². The maximum atomic E-state index is 12.4. The summed E-state index contributed by atoms with van der Waals surface area (Å²) in [6, 6.07) is 1.99. The second kappa shape index (κ2) is 4.44. The maximum absolute atomic E-state index is 12.4. The molecule has 1 aliphatic heterocycles. The monoisotopic (exact) mass is 272 g/mol. The maximum Gasteiger partial charge on any atom is 0.235 e. The Morgan fingerprint density at radius 1 is 1.25 bits per heavy atom. The van der Waals surface area contributed by atoms with Crippen LogP contribution in [0.15, 0.2) is 6.20 Å². The van der Waals surface area contributed by atoms with Gasteiger partial charge in [-0.3, -0.25) is 14.3 Å². The van der Waals surface area contributed by atoms with Crippen molar-refractivity contribution in [3.8, 4) is 6.07 Å². The van der Waals surface area contributed by atoms with E-state index in [0.717, 1.165) is 30.6 Å². The summed E-state index contributed by atoms with van der Waals surface area (Å²) in [5.74, 6) is -0.109. The number of piperidine rings is 1. The van der Waals surface area contributed by atoms with E-state index in [1.54, 1.807) is 7.05 Å². The first-order valence-electron chi connectivity index (χ1n) is 6.84. The fraction of sp³-hybridized carbons (Fsp3) is 0.571. The molecule has 1 aliphatic carbocycles. The van der Waals surface area contributed by atoms with E-state index >= 15 is 0 Å². The molecule has 1 saturated carbocycles. The van der Waals surface area contributed by atoms with Crippen molar-refractivity contribution in [1.82, 2.24) is 9.78 Å². The summed E-state index contributed by atoms with van der Waals surface area (Å²) >= 11 is 0. The molecule has 0 unspecified atom stereocenters. The van der Waals surface area contributed by atoms with Gasteiger partial charge in [0.1, 0.15) is 11.6 Å². The van der Waals surface area contributed by atoms with E-state index in [0.29, 0.717) is 18.7 Å². The Morgan fingerprint density at radius 3 is 2.40 bits per heavy atom. The van der Waals surface area contributed by atoms with Gasteiger partial charge in [-0.15, -0.1) is 0 Å². The molecule has 2 amide bonds. The van der Waals surface area contributed by atoms with E-state index in [1.807, 2.05) is 6.07 Å². The fourth-order valence-electron chi connectivity index (χ4n) is 3.49. The summed E-state index contributed by atoms with van der Waals surface area (Å²) in [7, 11) is 1.64. The van der Waals surface area contributed by atoms with Crippen molar-refractivity contribution in [2.45, 2.75) is 38.5 Å². The molecule has 2 heterocycles. The molecular weight excluding hydrogens is 256 g/mol. The van der Waals surface area contributed by atoms with Gasteiger partial charge < -0.3 is 0 Å². The minimum absolute atomic E-state index is 0.129. The highest BCUT2D eigenvalue weighted by molar-refractivity contribution is 6.17. The second-order valence-corrected chi connectivity index (χ2v) is 5.80. The molecule has 6 nitrogen and oxygen atoms in total. The third kappa shape index (κ3) is 1.82. The number of carbonyl (C=O) groups excluding carboxylic acids is 2. The van der Waals surface area contributed by atoms with Gasteiger partial charge >= 0.3 is 0 Å². The van der Waals surface area contributed by atoms with Gasteiger partial charge in [-0.05, 0) is 18.3 Å². The van der Waals surface area contributed by atoms with E-state index in [4.69, 9.17) is 5.26 Å². The van der Waals surface area contributed by atoms with Gasteiger partial charge in [-0.1, -0.05) is 12.8 Å². The van der Waals surface area contributed by atoms with Crippen LogP contribution in [0, 0.1) is 16.7 Å². The number of anilines is 1. The van der Waals surface area contributed by atoms with E-state index in [2.05, 4.69) is 5.10 Å². The zero-order valence-corrected chi connectivity index (χ0v) is 11.4. The lowest BCUT2D eigenvalue weighted by atomic mass is 9.76. The number of carbonyl (C=O) groups is 2. The summed E-state index contributed by atoms with van der Waals surface area (Å²) in [5, 5.41) is 13.1. The van der Waals surface area contributed by atoms with Crippen molar-refractivity contribution >= 4 is 17.6 Å². The van der Waals surface area contributed by atoms with Crippen molar-refractivity contribution in [3.05, 3.63) is 11.8 Å². The van der Waals surface area contributed by atoms with Crippen LogP contribution in [0.3, 0.4) is 0 Å². The number of nitriles is 1. The molecule has 0 bridgehead atoms. The summed E-state index contributed by atoms with van der Waals surface area (Å²) in [6.07, 6.45) is 6.27. The highest BCUT2D eigenvalue weighted by Gasteiger charge is 2.46. The van der Waals surface area contributed by atoms with Gasteiger partial charge in [0.05, 0.1) is 6.20 Å². The second-order valence-electron chi connectivity index (χ2n) is 5.80. The van der Waals surface area contributed by atoms with Gasteiger partial charge in [0.25, 0.3) is 0 Å². The van der Waals surface area contributed by atoms with Crippen molar-refractivity contribution in [2.24, 2.45) is 12.5 Å². The number of aryl methyl sites for hydroxylation is 1. The molecule has 1 aromatic rings. The average molecular weight is 272 g/mol. The SMILES string of the molecule is Cn1ncc(C#N)c1N1C(=O)CC2(CCCC2)CC1=O. The highest BCUT2D eigenvalue weighted by atomic mass is 16.2. The molecule has 1 aromatic heterocycles. The lowest BCUT2D eigenvalue weighted by molar-refractivity contribution is -0.133. The number of nitrogens with zero attached hydrogens (tertiary/aromatic N) is 4. The van der Waals surface area contributed by atoms with E-state index in [9.17, 15) is 9.59 Å². The van der Waals surface area contributed by atoms with Crippen LogP contribution in [0.2, 0.25) is 0 Å². The normalized spacial score (nSPS) is 21.5. The zero-order chi connectivity index (χ0) is 14.3. The van der Waals surface area contributed by atoms with Crippen LogP contribution in [0.1, 0.15) is 44.1 Å². The van der Waals surface area contributed by atoms with Crippen molar-refractivity contribution < 1.29 is 9.59 Å². The van der Waals surface area contributed by atoms with Crippen LogP contribution in [-0.4, -0.2) is 21.6 Å². The summed E-state index contributed by atoms with van der Waals surface area (Å²) < 4.78 is 1.42. The standard InChI is InChI=1S/C14H16N4O2/c1-17-13(10(8-15)9-16-17)18-11(19)6-14(7-12(18)20)4-2-3-5-14/h9H,2-7H2,1H3. The molecule has 20 heavy (non-hydrogen) atoms. The Balaban J connectivity index is 1.96. The Labute approximate surface area is 117 Å². The molecule has 6 heteroatoms. The fourth-order valence-corrected chi connectivity index (χ4v) is 3.49. The Kier molecular flexibility index (Phi) is 2.85. The highest BCUT2D eigenvalue weighted by Crippen LogP contribution is 2.47. The van der Waals surface area contributed by atoms with Crippen LogP contribution in [0.5, 0.6) is 0 Å². The van der Waals surface area contributed by atoms with Gasteiger partial charge in [-0.25, -0.2) is 4.90 Å². The molecule has 0 atom stereocenters. The van der Waals surface area contributed by atoms with Gasteiger partial charge in [0, 0.05) is 19.9 Å². The van der Waals surface area contributed by atoms with E-state index in [-0.39, 0.29) is 22.8 Å². The summed E-state index contributed by atoms with van der Waals surface area (Å²) in [4.78, 5) is 26.0.